The first-order valence-electron chi connectivity index (χ1n) is 3.45. The molecule has 1 saturated carbocycles. The minimum Gasteiger partial charge on any atom is -0.206 e. The monoisotopic (exact) mass is 144 g/mol. The first kappa shape index (κ1) is 7.53. The highest BCUT2D eigenvalue weighted by Gasteiger charge is 2.66. The molecule has 0 aromatic carbocycles. The minimum absolute atomic E-state index is 0.228. The second kappa shape index (κ2) is 2.23. The van der Waals surface area contributed by atoms with Crippen LogP contribution in [0, 0.1) is 24.2 Å². The Balaban J connectivity index is 2.46. The average molecular weight is 144 g/mol. The van der Waals surface area contributed by atoms with Gasteiger partial charge in [0.15, 0.2) is 0 Å². The highest BCUT2D eigenvalue weighted by atomic mass is 19.3. The van der Waals surface area contributed by atoms with Crippen LogP contribution in [0.4, 0.5) is 8.78 Å². The van der Waals surface area contributed by atoms with Crippen molar-refractivity contribution in [2.45, 2.75) is 25.7 Å². The molecule has 56 valence electrons. The summed E-state index contributed by atoms with van der Waals surface area (Å²) in [5, 5.41) is 0. The zero-order valence-electron chi connectivity index (χ0n) is 5.90. The summed E-state index contributed by atoms with van der Waals surface area (Å²) in [6, 6.07) is 0. The number of alkyl halides is 2. The molecule has 10 heavy (non-hydrogen) atoms. The van der Waals surface area contributed by atoms with Gasteiger partial charge in [0.2, 0.25) is 0 Å². The van der Waals surface area contributed by atoms with Crippen LogP contribution in [-0.4, -0.2) is 5.92 Å². The Kier molecular flexibility index (Phi) is 1.68. The molecule has 0 N–H and O–H groups in total. The molecule has 2 unspecified atom stereocenters. The van der Waals surface area contributed by atoms with Crippen molar-refractivity contribution in [2.75, 3.05) is 0 Å². The van der Waals surface area contributed by atoms with E-state index in [9.17, 15) is 8.78 Å². The predicted molar refractivity (Wildman–Crippen MR) is 35.7 cm³/mol. The van der Waals surface area contributed by atoms with Crippen molar-refractivity contribution < 1.29 is 8.78 Å². The van der Waals surface area contributed by atoms with Gasteiger partial charge in [0.1, 0.15) is 0 Å². The van der Waals surface area contributed by atoms with Gasteiger partial charge in [0, 0.05) is 18.3 Å². The lowest BCUT2D eigenvalue weighted by Crippen LogP contribution is -1.93. The van der Waals surface area contributed by atoms with Gasteiger partial charge in [0.25, 0.3) is 5.92 Å². The average Bonchev–Trinajstić information content (AvgIpc) is 2.36. The Hall–Kier alpha value is -0.580. The van der Waals surface area contributed by atoms with Crippen molar-refractivity contribution in [1.82, 2.24) is 0 Å². The molecule has 0 nitrogen and oxygen atoms in total. The molecule has 1 fully saturated rings. The van der Waals surface area contributed by atoms with E-state index >= 15 is 0 Å². The van der Waals surface area contributed by atoms with Crippen LogP contribution in [0.25, 0.3) is 0 Å². The largest absolute Gasteiger partial charge is 0.255 e. The summed E-state index contributed by atoms with van der Waals surface area (Å²) in [7, 11) is 0. The van der Waals surface area contributed by atoms with E-state index in [4.69, 9.17) is 6.42 Å². The van der Waals surface area contributed by atoms with Crippen LogP contribution in [0.15, 0.2) is 0 Å². The van der Waals surface area contributed by atoms with Crippen molar-refractivity contribution in [3.63, 3.8) is 0 Å². The summed E-state index contributed by atoms with van der Waals surface area (Å²) in [5.41, 5.74) is 0. The van der Waals surface area contributed by atoms with Crippen LogP contribution in [0.5, 0.6) is 0 Å². The quantitative estimate of drug-likeness (QED) is 0.521. The molecular formula is C8H10F2. The fourth-order valence-corrected chi connectivity index (χ4v) is 1.42. The molecule has 0 saturated heterocycles. The second-order valence-electron chi connectivity index (χ2n) is 2.70. The van der Waals surface area contributed by atoms with Gasteiger partial charge in [-0.3, -0.25) is 0 Å². The summed E-state index contributed by atoms with van der Waals surface area (Å²) in [4.78, 5) is 0. The lowest BCUT2D eigenvalue weighted by Gasteiger charge is -1.88. The van der Waals surface area contributed by atoms with Gasteiger partial charge >= 0.3 is 0 Å². The Morgan fingerprint density at radius 2 is 2.10 bits per heavy atom. The van der Waals surface area contributed by atoms with Gasteiger partial charge in [-0.2, -0.15) is 0 Å². The molecule has 0 aromatic rings. The SMILES string of the molecule is C#CCC1C(CC)C1(F)F. The molecule has 0 aromatic heterocycles. The maximum Gasteiger partial charge on any atom is 0.255 e. The smallest absolute Gasteiger partial charge is 0.206 e. The Bertz CT molecular complexity index is 167. The number of rotatable bonds is 2. The third-order valence-corrected chi connectivity index (χ3v) is 2.14. The van der Waals surface area contributed by atoms with Crippen LogP contribution < -0.4 is 0 Å². The number of hydrogen-bond acceptors (Lipinski definition) is 0. The molecule has 2 atom stereocenters. The zero-order chi connectivity index (χ0) is 7.78. The van der Waals surface area contributed by atoms with Crippen LogP contribution in [0.2, 0.25) is 0 Å². The minimum atomic E-state index is -2.46. The van der Waals surface area contributed by atoms with E-state index in [1.165, 1.54) is 0 Å². The molecule has 1 aliphatic carbocycles. The van der Waals surface area contributed by atoms with Crippen LogP contribution in [0.1, 0.15) is 19.8 Å². The summed E-state index contributed by atoms with van der Waals surface area (Å²) in [5.74, 6) is -1.15. The topological polar surface area (TPSA) is 0 Å². The van der Waals surface area contributed by atoms with Gasteiger partial charge in [-0.05, 0) is 6.42 Å². The van der Waals surface area contributed by atoms with Gasteiger partial charge in [-0.15, -0.1) is 12.3 Å². The molecule has 1 rings (SSSR count). The van der Waals surface area contributed by atoms with E-state index in [1.54, 1.807) is 6.92 Å². The summed E-state index contributed by atoms with van der Waals surface area (Å²) < 4.78 is 25.1. The van der Waals surface area contributed by atoms with E-state index in [1.807, 2.05) is 0 Å². The normalized spacial score (nSPS) is 35.0. The Labute approximate surface area is 59.6 Å². The summed E-state index contributed by atoms with van der Waals surface area (Å²) >= 11 is 0. The van der Waals surface area contributed by atoms with Gasteiger partial charge in [-0.1, -0.05) is 6.92 Å². The standard InChI is InChI=1S/C8H10F2/c1-3-5-7-6(4-2)8(7,9)10/h1,6-7H,4-5H2,2H3. The van der Waals surface area contributed by atoms with E-state index in [-0.39, 0.29) is 6.42 Å². The van der Waals surface area contributed by atoms with Gasteiger partial charge < -0.3 is 0 Å². The third-order valence-electron chi connectivity index (χ3n) is 2.14. The van der Waals surface area contributed by atoms with Crippen LogP contribution >= 0.6 is 0 Å². The number of halogens is 2. The molecule has 0 spiro atoms. The molecule has 0 amide bonds. The van der Waals surface area contributed by atoms with Crippen molar-refractivity contribution in [2.24, 2.45) is 11.8 Å². The number of hydrogen-bond donors (Lipinski definition) is 0. The first-order chi connectivity index (χ1) is 4.64. The fraction of sp³-hybridized carbons (Fsp3) is 0.750. The molecule has 0 heterocycles. The molecule has 1 aliphatic rings. The van der Waals surface area contributed by atoms with Gasteiger partial charge in [-0.25, -0.2) is 8.78 Å². The highest BCUT2D eigenvalue weighted by molar-refractivity contribution is 5.09. The fourth-order valence-electron chi connectivity index (χ4n) is 1.42. The molecule has 2 heteroatoms. The molecular weight excluding hydrogens is 134 g/mol. The Morgan fingerprint density at radius 3 is 2.40 bits per heavy atom. The van der Waals surface area contributed by atoms with Crippen LogP contribution in [0.3, 0.4) is 0 Å². The molecule has 0 radical (unpaired) electrons. The second-order valence-corrected chi connectivity index (χ2v) is 2.70. The first-order valence-corrected chi connectivity index (χ1v) is 3.45. The van der Waals surface area contributed by atoms with E-state index in [0.717, 1.165) is 0 Å². The maximum absolute atomic E-state index is 12.6. The van der Waals surface area contributed by atoms with Crippen LogP contribution in [-0.2, 0) is 0 Å². The van der Waals surface area contributed by atoms with E-state index in [2.05, 4.69) is 5.92 Å². The molecule has 0 aliphatic heterocycles. The van der Waals surface area contributed by atoms with Crippen molar-refractivity contribution in [3.05, 3.63) is 0 Å². The molecule has 0 bridgehead atoms. The highest BCUT2D eigenvalue weighted by Crippen LogP contribution is 2.58. The lowest BCUT2D eigenvalue weighted by molar-refractivity contribution is 0.0841. The predicted octanol–water partition coefficient (Wildman–Crippen LogP) is 2.30. The summed E-state index contributed by atoms with van der Waals surface area (Å²) in [6.45, 7) is 1.77. The van der Waals surface area contributed by atoms with Crippen molar-refractivity contribution in [1.29, 1.82) is 0 Å². The van der Waals surface area contributed by atoms with Crippen molar-refractivity contribution in [3.8, 4) is 12.3 Å². The van der Waals surface area contributed by atoms with Crippen molar-refractivity contribution >= 4 is 0 Å². The van der Waals surface area contributed by atoms with E-state index in [0.29, 0.717) is 6.42 Å². The van der Waals surface area contributed by atoms with E-state index < -0.39 is 17.8 Å². The van der Waals surface area contributed by atoms with Gasteiger partial charge in [0.05, 0.1) is 0 Å². The third kappa shape index (κ3) is 0.901. The number of terminal acetylenes is 1. The lowest BCUT2D eigenvalue weighted by atomic mass is 10.2. The zero-order valence-corrected chi connectivity index (χ0v) is 5.90. The summed E-state index contributed by atoms with van der Waals surface area (Å²) in [6.07, 6.45) is 5.69. The maximum atomic E-state index is 12.6. The Morgan fingerprint density at radius 1 is 1.50 bits per heavy atom.